The van der Waals surface area contributed by atoms with Crippen LogP contribution in [0.3, 0.4) is 0 Å². The molecule has 0 atom stereocenters. The Kier molecular flexibility index (Phi) is 3.71. The fourth-order valence-electron chi connectivity index (χ4n) is 1.72. The molecule has 0 unspecified atom stereocenters. The molecule has 0 bridgehead atoms. The second kappa shape index (κ2) is 5.28. The predicted molar refractivity (Wildman–Crippen MR) is 72.2 cm³/mol. The Morgan fingerprint density at radius 1 is 1.32 bits per heavy atom. The van der Waals surface area contributed by atoms with Gasteiger partial charge in [0, 0.05) is 11.8 Å². The summed E-state index contributed by atoms with van der Waals surface area (Å²) in [7, 11) is 1.42. The van der Waals surface area contributed by atoms with Gasteiger partial charge in [-0.3, -0.25) is 4.79 Å². The summed E-state index contributed by atoms with van der Waals surface area (Å²) in [5.74, 6) is -0.895. The quantitative estimate of drug-likeness (QED) is 0.693. The van der Waals surface area contributed by atoms with Crippen LogP contribution in [0.1, 0.15) is 15.9 Å². The number of anilines is 1. The Labute approximate surface area is 114 Å². The Balaban J connectivity index is 2.51. The Morgan fingerprint density at radius 2 is 2.05 bits per heavy atom. The van der Waals surface area contributed by atoms with Gasteiger partial charge in [0.15, 0.2) is 5.78 Å². The SMILES string of the molecule is COc1ccc(C(=O)c2c(N)cccc2Cl)c(F)c1. The fraction of sp³-hybridized carbons (Fsp3) is 0.0714. The molecule has 2 aromatic carbocycles. The topological polar surface area (TPSA) is 52.3 Å². The minimum atomic E-state index is -0.677. The minimum absolute atomic E-state index is 0.0967. The monoisotopic (exact) mass is 279 g/mol. The third-order valence-corrected chi connectivity index (χ3v) is 3.01. The summed E-state index contributed by atoms with van der Waals surface area (Å²) < 4.78 is 18.7. The van der Waals surface area contributed by atoms with Crippen molar-refractivity contribution >= 4 is 23.1 Å². The molecule has 0 aliphatic rings. The molecular weight excluding hydrogens is 269 g/mol. The second-order valence-corrected chi connectivity index (χ2v) is 4.29. The van der Waals surface area contributed by atoms with E-state index in [0.717, 1.165) is 6.07 Å². The molecule has 5 heteroatoms. The molecule has 19 heavy (non-hydrogen) atoms. The average Bonchev–Trinajstić information content (AvgIpc) is 2.38. The van der Waals surface area contributed by atoms with E-state index in [-0.39, 0.29) is 21.8 Å². The highest BCUT2D eigenvalue weighted by molar-refractivity contribution is 6.35. The third-order valence-electron chi connectivity index (χ3n) is 2.69. The molecule has 0 spiro atoms. The van der Waals surface area contributed by atoms with E-state index >= 15 is 0 Å². The highest BCUT2D eigenvalue weighted by Crippen LogP contribution is 2.27. The summed E-state index contributed by atoms with van der Waals surface area (Å²) in [5.41, 5.74) is 5.94. The highest BCUT2D eigenvalue weighted by Gasteiger charge is 2.19. The van der Waals surface area contributed by atoms with Crippen molar-refractivity contribution in [3.63, 3.8) is 0 Å². The van der Waals surface area contributed by atoms with Crippen LogP contribution in [0.15, 0.2) is 36.4 Å². The zero-order valence-corrected chi connectivity index (χ0v) is 10.9. The lowest BCUT2D eigenvalue weighted by Gasteiger charge is -2.08. The van der Waals surface area contributed by atoms with Gasteiger partial charge in [-0.15, -0.1) is 0 Å². The number of methoxy groups -OCH3 is 1. The van der Waals surface area contributed by atoms with Gasteiger partial charge < -0.3 is 10.5 Å². The number of halogens is 2. The first-order valence-electron chi connectivity index (χ1n) is 5.47. The Morgan fingerprint density at radius 3 is 2.63 bits per heavy atom. The zero-order valence-electron chi connectivity index (χ0n) is 10.1. The molecule has 0 radical (unpaired) electrons. The summed E-state index contributed by atoms with van der Waals surface area (Å²) in [6.07, 6.45) is 0. The van der Waals surface area contributed by atoms with Crippen LogP contribution in [0.25, 0.3) is 0 Å². The molecule has 0 saturated carbocycles. The number of ketones is 1. The van der Waals surface area contributed by atoms with E-state index in [1.54, 1.807) is 12.1 Å². The van der Waals surface area contributed by atoms with E-state index in [2.05, 4.69) is 0 Å². The molecular formula is C14H11ClFNO2. The van der Waals surface area contributed by atoms with Crippen LogP contribution in [-0.2, 0) is 0 Å². The first kappa shape index (κ1) is 13.4. The molecule has 2 N–H and O–H groups in total. The molecule has 0 saturated heterocycles. The number of hydrogen-bond donors (Lipinski definition) is 1. The van der Waals surface area contributed by atoms with Crippen LogP contribution in [0, 0.1) is 5.82 Å². The number of benzene rings is 2. The Hall–Kier alpha value is -2.07. The van der Waals surface area contributed by atoms with Crippen molar-refractivity contribution in [1.29, 1.82) is 0 Å². The number of rotatable bonds is 3. The zero-order chi connectivity index (χ0) is 14.0. The summed E-state index contributed by atoms with van der Waals surface area (Å²) >= 11 is 5.94. The first-order valence-corrected chi connectivity index (χ1v) is 5.84. The standard InChI is InChI=1S/C14H11ClFNO2/c1-19-8-5-6-9(11(16)7-8)14(18)13-10(15)3-2-4-12(13)17/h2-7H,17H2,1H3. The number of nitrogen functional groups attached to an aromatic ring is 1. The highest BCUT2D eigenvalue weighted by atomic mass is 35.5. The van der Waals surface area contributed by atoms with Crippen LogP contribution in [-0.4, -0.2) is 12.9 Å². The van der Waals surface area contributed by atoms with Crippen molar-refractivity contribution in [1.82, 2.24) is 0 Å². The molecule has 2 rings (SSSR count). The van der Waals surface area contributed by atoms with Gasteiger partial charge in [-0.2, -0.15) is 0 Å². The average molecular weight is 280 g/mol. The van der Waals surface area contributed by atoms with E-state index in [1.807, 2.05) is 0 Å². The number of carbonyl (C=O) groups is 1. The van der Waals surface area contributed by atoms with Crippen LogP contribution in [0.5, 0.6) is 5.75 Å². The molecule has 0 aromatic heterocycles. The van der Waals surface area contributed by atoms with Gasteiger partial charge >= 0.3 is 0 Å². The lowest BCUT2D eigenvalue weighted by atomic mass is 10.0. The largest absolute Gasteiger partial charge is 0.497 e. The molecule has 98 valence electrons. The van der Waals surface area contributed by atoms with Gasteiger partial charge in [0.25, 0.3) is 0 Å². The van der Waals surface area contributed by atoms with E-state index < -0.39 is 11.6 Å². The minimum Gasteiger partial charge on any atom is -0.497 e. The first-order chi connectivity index (χ1) is 9.04. The molecule has 3 nitrogen and oxygen atoms in total. The van der Waals surface area contributed by atoms with Crippen LogP contribution >= 0.6 is 11.6 Å². The maximum atomic E-state index is 13.9. The van der Waals surface area contributed by atoms with Crippen LogP contribution < -0.4 is 10.5 Å². The molecule has 0 heterocycles. The summed E-state index contributed by atoms with van der Waals surface area (Å²) in [6, 6.07) is 8.69. The van der Waals surface area contributed by atoms with Gasteiger partial charge in [-0.25, -0.2) is 4.39 Å². The van der Waals surface area contributed by atoms with E-state index in [1.165, 1.54) is 25.3 Å². The summed E-state index contributed by atoms with van der Waals surface area (Å²) in [4.78, 5) is 12.3. The maximum absolute atomic E-state index is 13.9. The van der Waals surface area contributed by atoms with Crippen LogP contribution in [0.2, 0.25) is 5.02 Å². The van der Waals surface area contributed by atoms with Gasteiger partial charge in [-0.1, -0.05) is 17.7 Å². The van der Waals surface area contributed by atoms with E-state index in [0.29, 0.717) is 5.75 Å². The van der Waals surface area contributed by atoms with Gasteiger partial charge in [0.2, 0.25) is 0 Å². The Bertz CT molecular complexity index is 623. The van der Waals surface area contributed by atoms with Crippen molar-refractivity contribution in [2.45, 2.75) is 0 Å². The van der Waals surface area contributed by atoms with Crippen molar-refractivity contribution in [3.8, 4) is 5.75 Å². The van der Waals surface area contributed by atoms with Gasteiger partial charge in [-0.05, 0) is 24.3 Å². The smallest absolute Gasteiger partial charge is 0.199 e. The molecule has 2 aromatic rings. The predicted octanol–water partition coefficient (Wildman–Crippen LogP) is 3.30. The number of hydrogen-bond acceptors (Lipinski definition) is 3. The number of carbonyl (C=O) groups excluding carboxylic acids is 1. The van der Waals surface area contributed by atoms with E-state index in [9.17, 15) is 9.18 Å². The normalized spacial score (nSPS) is 10.3. The lowest BCUT2D eigenvalue weighted by Crippen LogP contribution is -2.08. The second-order valence-electron chi connectivity index (χ2n) is 3.88. The van der Waals surface area contributed by atoms with E-state index in [4.69, 9.17) is 22.1 Å². The number of ether oxygens (including phenoxy) is 1. The summed E-state index contributed by atoms with van der Waals surface area (Å²) in [6.45, 7) is 0. The van der Waals surface area contributed by atoms with Gasteiger partial charge in [0.05, 0.1) is 23.3 Å². The maximum Gasteiger partial charge on any atom is 0.199 e. The molecule has 0 aliphatic carbocycles. The lowest BCUT2D eigenvalue weighted by molar-refractivity contribution is 0.103. The van der Waals surface area contributed by atoms with Crippen molar-refractivity contribution in [3.05, 3.63) is 58.4 Å². The van der Waals surface area contributed by atoms with Gasteiger partial charge in [0.1, 0.15) is 11.6 Å². The molecule has 0 fully saturated rings. The van der Waals surface area contributed by atoms with Crippen LogP contribution in [0.4, 0.5) is 10.1 Å². The van der Waals surface area contributed by atoms with Crippen molar-refractivity contribution < 1.29 is 13.9 Å². The van der Waals surface area contributed by atoms with Crippen molar-refractivity contribution in [2.24, 2.45) is 0 Å². The molecule has 0 amide bonds. The fourth-order valence-corrected chi connectivity index (χ4v) is 1.99. The number of nitrogens with two attached hydrogens (primary N) is 1. The molecule has 0 aliphatic heterocycles. The summed E-state index contributed by atoms with van der Waals surface area (Å²) in [5, 5.41) is 0.195. The third kappa shape index (κ3) is 2.53. The van der Waals surface area contributed by atoms with Crippen molar-refractivity contribution in [2.75, 3.05) is 12.8 Å².